The lowest BCUT2D eigenvalue weighted by atomic mass is 10.0. The van der Waals surface area contributed by atoms with Gasteiger partial charge in [0.2, 0.25) is 0 Å². The van der Waals surface area contributed by atoms with E-state index >= 15 is 0 Å². The van der Waals surface area contributed by atoms with Gasteiger partial charge in [-0.3, -0.25) is 0 Å². The van der Waals surface area contributed by atoms with Crippen molar-refractivity contribution in [3.63, 3.8) is 0 Å². The van der Waals surface area contributed by atoms with Gasteiger partial charge in [0.05, 0.1) is 5.56 Å². The molecule has 82 valence electrons. The van der Waals surface area contributed by atoms with E-state index in [0.29, 0.717) is 5.56 Å². The van der Waals surface area contributed by atoms with E-state index in [9.17, 15) is 4.79 Å². The van der Waals surface area contributed by atoms with E-state index in [2.05, 4.69) is 20.9 Å². The highest BCUT2D eigenvalue weighted by molar-refractivity contribution is 9.10. The molecule has 0 atom stereocenters. The molecule has 1 aromatic heterocycles. The predicted octanol–water partition coefficient (Wildman–Crippen LogP) is 3.45. The molecule has 2 N–H and O–H groups in total. The third kappa shape index (κ3) is 1.88. The van der Waals surface area contributed by atoms with E-state index in [4.69, 9.17) is 5.11 Å². The lowest BCUT2D eigenvalue weighted by Crippen LogP contribution is -1.95. The minimum Gasteiger partial charge on any atom is -0.478 e. The fourth-order valence-electron chi connectivity index (χ4n) is 1.54. The molecule has 0 bridgehead atoms. The van der Waals surface area contributed by atoms with E-state index in [1.165, 1.54) is 6.20 Å². The zero-order valence-electron chi connectivity index (χ0n) is 8.62. The first-order valence-electron chi connectivity index (χ1n) is 4.76. The molecule has 1 aromatic carbocycles. The van der Waals surface area contributed by atoms with Crippen molar-refractivity contribution in [3.8, 4) is 11.1 Å². The Morgan fingerprint density at radius 1 is 1.38 bits per heavy atom. The van der Waals surface area contributed by atoms with Crippen LogP contribution in [0.15, 0.2) is 35.1 Å². The van der Waals surface area contributed by atoms with Crippen LogP contribution in [-0.4, -0.2) is 16.1 Å². The molecule has 0 aliphatic carbocycles. The number of benzene rings is 1. The van der Waals surface area contributed by atoms with E-state index in [1.54, 1.807) is 6.20 Å². The van der Waals surface area contributed by atoms with E-state index in [0.717, 1.165) is 15.6 Å². The van der Waals surface area contributed by atoms with Crippen molar-refractivity contribution in [2.24, 2.45) is 0 Å². The van der Waals surface area contributed by atoms with Crippen molar-refractivity contribution in [3.05, 3.63) is 46.2 Å². The molecule has 2 rings (SSSR count). The van der Waals surface area contributed by atoms with Gasteiger partial charge in [-0.15, -0.1) is 0 Å². The molecule has 0 unspecified atom stereocenters. The van der Waals surface area contributed by atoms with Crippen molar-refractivity contribution >= 4 is 21.9 Å². The topological polar surface area (TPSA) is 53.1 Å². The first kappa shape index (κ1) is 11.0. The van der Waals surface area contributed by atoms with Crippen LogP contribution in [0.25, 0.3) is 11.1 Å². The fourth-order valence-corrected chi connectivity index (χ4v) is 1.92. The Morgan fingerprint density at radius 2 is 2.12 bits per heavy atom. The average molecular weight is 280 g/mol. The largest absolute Gasteiger partial charge is 0.478 e. The molecule has 0 fully saturated rings. The summed E-state index contributed by atoms with van der Waals surface area (Å²) in [5.41, 5.74) is 3.00. The summed E-state index contributed by atoms with van der Waals surface area (Å²) >= 11 is 3.44. The van der Waals surface area contributed by atoms with Crippen LogP contribution in [-0.2, 0) is 0 Å². The average Bonchev–Trinajstić information content (AvgIpc) is 2.71. The summed E-state index contributed by atoms with van der Waals surface area (Å²) in [4.78, 5) is 13.8. The summed E-state index contributed by atoms with van der Waals surface area (Å²) in [6.07, 6.45) is 3.19. The van der Waals surface area contributed by atoms with Gasteiger partial charge >= 0.3 is 5.97 Å². The Labute approximate surface area is 101 Å². The fraction of sp³-hybridized carbons (Fsp3) is 0.0833. The number of aryl methyl sites for hydroxylation is 1. The van der Waals surface area contributed by atoms with Crippen molar-refractivity contribution in [2.45, 2.75) is 6.92 Å². The van der Waals surface area contributed by atoms with Crippen LogP contribution in [0.4, 0.5) is 0 Å². The Hall–Kier alpha value is -1.55. The van der Waals surface area contributed by atoms with Crippen LogP contribution in [0.3, 0.4) is 0 Å². The molecular weight excluding hydrogens is 270 g/mol. The second-order valence-electron chi connectivity index (χ2n) is 3.55. The second kappa shape index (κ2) is 4.14. The zero-order chi connectivity index (χ0) is 11.7. The van der Waals surface area contributed by atoms with Gasteiger partial charge in [0.15, 0.2) is 0 Å². The summed E-state index contributed by atoms with van der Waals surface area (Å²) in [6.45, 7) is 1.99. The molecule has 0 aliphatic rings. The summed E-state index contributed by atoms with van der Waals surface area (Å²) in [7, 11) is 0. The van der Waals surface area contributed by atoms with Gasteiger partial charge in [0.25, 0.3) is 0 Å². The van der Waals surface area contributed by atoms with Crippen LogP contribution < -0.4 is 0 Å². The number of aromatic nitrogens is 1. The third-order valence-corrected chi connectivity index (χ3v) is 3.31. The maximum Gasteiger partial charge on any atom is 0.337 e. The van der Waals surface area contributed by atoms with Crippen LogP contribution >= 0.6 is 15.9 Å². The number of hydrogen-bond donors (Lipinski definition) is 2. The van der Waals surface area contributed by atoms with Crippen molar-refractivity contribution in [1.29, 1.82) is 0 Å². The summed E-state index contributed by atoms with van der Waals surface area (Å²) in [5, 5.41) is 9.01. The molecule has 0 saturated carbocycles. The third-order valence-electron chi connectivity index (χ3n) is 2.46. The number of carboxylic acids is 1. The Bertz CT molecular complexity index is 546. The summed E-state index contributed by atoms with van der Waals surface area (Å²) in [5.74, 6) is -0.923. The van der Waals surface area contributed by atoms with Gasteiger partial charge in [-0.05, 0) is 24.1 Å². The highest BCUT2D eigenvalue weighted by atomic mass is 79.9. The lowest BCUT2D eigenvalue weighted by Gasteiger charge is -2.03. The van der Waals surface area contributed by atoms with Crippen molar-refractivity contribution < 1.29 is 9.90 Å². The molecule has 1 heterocycles. The number of hydrogen-bond acceptors (Lipinski definition) is 1. The number of aromatic amines is 1. The van der Waals surface area contributed by atoms with E-state index < -0.39 is 5.97 Å². The van der Waals surface area contributed by atoms with Crippen LogP contribution in [0.5, 0.6) is 0 Å². The Balaban J connectivity index is 2.54. The first-order valence-corrected chi connectivity index (χ1v) is 5.55. The predicted molar refractivity (Wildman–Crippen MR) is 65.6 cm³/mol. The lowest BCUT2D eigenvalue weighted by molar-refractivity contribution is 0.0698. The Morgan fingerprint density at radius 3 is 2.75 bits per heavy atom. The van der Waals surface area contributed by atoms with Gasteiger partial charge < -0.3 is 10.1 Å². The van der Waals surface area contributed by atoms with Crippen molar-refractivity contribution in [1.82, 2.24) is 4.98 Å². The second-order valence-corrected chi connectivity index (χ2v) is 4.41. The smallest absolute Gasteiger partial charge is 0.337 e. The summed E-state index contributed by atoms with van der Waals surface area (Å²) in [6, 6.07) is 5.79. The first-order chi connectivity index (χ1) is 7.59. The van der Waals surface area contributed by atoms with Crippen LogP contribution in [0, 0.1) is 6.92 Å². The summed E-state index contributed by atoms with van der Waals surface area (Å²) < 4.78 is 0.975. The molecule has 4 heteroatoms. The number of H-pyrrole nitrogens is 1. The van der Waals surface area contributed by atoms with Gasteiger partial charge in [-0.1, -0.05) is 28.1 Å². The number of halogens is 1. The monoisotopic (exact) mass is 279 g/mol. The molecule has 0 saturated heterocycles. The molecule has 0 radical (unpaired) electrons. The zero-order valence-corrected chi connectivity index (χ0v) is 10.2. The van der Waals surface area contributed by atoms with Gasteiger partial charge in [0.1, 0.15) is 0 Å². The Kier molecular flexibility index (Phi) is 2.83. The maximum absolute atomic E-state index is 11.0. The highest BCUT2D eigenvalue weighted by Crippen LogP contribution is 2.28. The minimum atomic E-state index is -0.923. The van der Waals surface area contributed by atoms with Gasteiger partial charge in [-0.2, -0.15) is 0 Å². The molecule has 0 spiro atoms. The number of rotatable bonds is 2. The van der Waals surface area contributed by atoms with E-state index in [-0.39, 0.29) is 5.56 Å². The van der Waals surface area contributed by atoms with Gasteiger partial charge in [0, 0.05) is 22.4 Å². The van der Waals surface area contributed by atoms with Gasteiger partial charge in [-0.25, -0.2) is 4.79 Å². The molecule has 0 aliphatic heterocycles. The molecule has 3 nitrogen and oxygen atoms in total. The molecule has 2 aromatic rings. The van der Waals surface area contributed by atoms with Crippen LogP contribution in [0.1, 0.15) is 15.9 Å². The molecular formula is C12H10BrNO2. The number of carboxylic acid groups (broad SMARTS) is 1. The molecule has 0 amide bonds. The minimum absolute atomic E-state index is 0.288. The number of nitrogens with one attached hydrogen (secondary N) is 1. The highest BCUT2D eigenvalue weighted by Gasteiger charge is 2.12. The van der Waals surface area contributed by atoms with Crippen LogP contribution in [0.2, 0.25) is 0 Å². The van der Waals surface area contributed by atoms with Crippen molar-refractivity contribution in [2.75, 3.05) is 0 Å². The SMILES string of the molecule is Cc1ccc(-c2c[nH]cc2C(=O)O)cc1Br. The quantitative estimate of drug-likeness (QED) is 0.885. The van der Waals surface area contributed by atoms with E-state index in [1.807, 2.05) is 25.1 Å². The maximum atomic E-state index is 11.0. The standard InChI is InChI=1S/C12H10BrNO2/c1-7-2-3-8(4-11(7)13)9-5-14-6-10(9)12(15)16/h2-6,14H,1H3,(H,15,16). The molecule has 16 heavy (non-hydrogen) atoms. The number of carbonyl (C=O) groups is 1. The number of aromatic carboxylic acids is 1. The normalized spacial score (nSPS) is 10.4.